The van der Waals surface area contributed by atoms with Gasteiger partial charge in [0.1, 0.15) is 0 Å². The van der Waals surface area contributed by atoms with Gasteiger partial charge in [0.25, 0.3) is 15.0 Å². The SMILES string of the molecule is CCCCC(C)NC(=O)c1cc(S(=O)(=O)Cl)cc(F)c1F. The van der Waals surface area contributed by atoms with Crippen LogP contribution in [-0.2, 0) is 9.05 Å². The first-order valence-electron chi connectivity index (χ1n) is 6.41. The number of hydrogen-bond donors (Lipinski definition) is 1. The monoisotopic (exact) mass is 339 g/mol. The van der Waals surface area contributed by atoms with Crippen LogP contribution in [0.5, 0.6) is 0 Å². The van der Waals surface area contributed by atoms with Gasteiger partial charge in [-0.15, -0.1) is 0 Å². The van der Waals surface area contributed by atoms with Crippen LogP contribution in [0.25, 0.3) is 0 Å². The molecule has 4 nitrogen and oxygen atoms in total. The summed E-state index contributed by atoms with van der Waals surface area (Å²) in [5.41, 5.74) is -0.683. The van der Waals surface area contributed by atoms with E-state index in [0.717, 1.165) is 18.9 Å². The minimum Gasteiger partial charge on any atom is -0.349 e. The van der Waals surface area contributed by atoms with Crippen molar-refractivity contribution in [2.75, 3.05) is 0 Å². The summed E-state index contributed by atoms with van der Waals surface area (Å²) in [6, 6.07) is 0.925. The molecule has 0 aliphatic rings. The van der Waals surface area contributed by atoms with Crippen molar-refractivity contribution in [2.45, 2.75) is 44.0 Å². The van der Waals surface area contributed by atoms with Crippen LogP contribution in [0.15, 0.2) is 17.0 Å². The number of halogens is 3. The molecule has 0 saturated carbocycles. The fourth-order valence-corrected chi connectivity index (χ4v) is 2.52. The van der Waals surface area contributed by atoms with E-state index in [-0.39, 0.29) is 6.04 Å². The maximum absolute atomic E-state index is 13.6. The lowest BCUT2D eigenvalue weighted by Crippen LogP contribution is -2.33. The molecule has 118 valence electrons. The van der Waals surface area contributed by atoms with E-state index in [9.17, 15) is 22.0 Å². The Bertz CT molecular complexity index is 635. The largest absolute Gasteiger partial charge is 0.349 e. The van der Waals surface area contributed by atoms with Crippen LogP contribution in [0.4, 0.5) is 8.78 Å². The number of benzene rings is 1. The molecule has 8 heteroatoms. The Balaban J connectivity index is 3.06. The fourth-order valence-electron chi connectivity index (χ4n) is 1.75. The lowest BCUT2D eigenvalue weighted by atomic mass is 10.1. The van der Waals surface area contributed by atoms with Crippen molar-refractivity contribution in [3.05, 3.63) is 29.3 Å². The Hall–Kier alpha value is -1.21. The molecule has 0 saturated heterocycles. The van der Waals surface area contributed by atoms with E-state index in [1.807, 2.05) is 6.92 Å². The molecule has 1 rings (SSSR count). The van der Waals surface area contributed by atoms with Gasteiger partial charge < -0.3 is 5.32 Å². The standard InChI is InChI=1S/C13H16ClF2NO3S/c1-3-4-5-8(2)17-13(18)10-6-9(21(14,19)20)7-11(15)12(10)16/h6-8H,3-5H2,1-2H3,(H,17,18). The molecular weight excluding hydrogens is 324 g/mol. The zero-order chi connectivity index (χ0) is 16.2. The molecule has 0 fully saturated rings. The number of unbranched alkanes of at least 4 members (excludes halogenated alkanes) is 1. The average molecular weight is 340 g/mol. The molecule has 0 bridgehead atoms. The van der Waals surface area contributed by atoms with Crippen molar-refractivity contribution in [3.63, 3.8) is 0 Å². The zero-order valence-electron chi connectivity index (χ0n) is 11.6. The highest BCUT2D eigenvalue weighted by molar-refractivity contribution is 8.13. The average Bonchev–Trinajstić information content (AvgIpc) is 2.37. The Morgan fingerprint density at radius 3 is 2.52 bits per heavy atom. The van der Waals surface area contributed by atoms with E-state index in [1.165, 1.54) is 0 Å². The minimum atomic E-state index is -4.26. The minimum absolute atomic E-state index is 0.240. The predicted octanol–water partition coefficient (Wildman–Crippen LogP) is 3.20. The summed E-state index contributed by atoms with van der Waals surface area (Å²) >= 11 is 0. The van der Waals surface area contributed by atoms with Crippen molar-refractivity contribution < 1.29 is 22.0 Å². The van der Waals surface area contributed by atoms with Crippen molar-refractivity contribution in [1.82, 2.24) is 5.32 Å². The van der Waals surface area contributed by atoms with Crippen LogP contribution in [0.3, 0.4) is 0 Å². The van der Waals surface area contributed by atoms with Crippen LogP contribution in [-0.4, -0.2) is 20.4 Å². The van der Waals surface area contributed by atoms with E-state index in [0.29, 0.717) is 12.5 Å². The maximum atomic E-state index is 13.6. The predicted molar refractivity (Wildman–Crippen MR) is 75.9 cm³/mol. The summed E-state index contributed by atoms with van der Waals surface area (Å²) in [6.07, 6.45) is 2.48. The normalized spacial score (nSPS) is 13.0. The third kappa shape index (κ3) is 4.93. The maximum Gasteiger partial charge on any atom is 0.261 e. The number of rotatable bonds is 6. The summed E-state index contributed by atoms with van der Waals surface area (Å²) in [7, 11) is 0.830. The Kier molecular flexibility index (Phi) is 6.10. The summed E-state index contributed by atoms with van der Waals surface area (Å²) in [5, 5.41) is 2.49. The van der Waals surface area contributed by atoms with E-state index in [2.05, 4.69) is 5.32 Å². The summed E-state index contributed by atoms with van der Waals surface area (Å²) in [6.45, 7) is 3.71. The zero-order valence-corrected chi connectivity index (χ0v) is 13.2. The second kappa shape index (κ2) is 7.17. The molecule has 0 aromatic heterocycles. The van der Waals surface area contributed by atoms with Gasteiger partial charge in [0, 0.05) is 16.7 Å². The molecule has 0 aliphatic heterocycles. The van der Waals surface area contributed by atoms with Crippen LogP contribution in [0.2, 0.25) is 0 Å². The molecule has 1 unspecified atom stereocenters. The number of nitrogens with one attached hydrogen (secondary N) is 1. The quantitative estimate of drug-likeness (QED) is 0.809. The molecule has 1 amide bonds. The van der Waals surface area contributed by atoms with Gasteiger partial charge in [0.15, 0.2) is 11.6 Å². The third-order valence-corrected chi connectivity index (χ3v) is 4.23. The van der Waals surface area contributed by atoms with Crippen molar-refractivity contribution >= 4 is 25.6 Å². The Morgan fingerprint density at radius 2 is 2.00 bits per heavy atom. The molecule has 0 spiro atoms. The van der Waals surface area contributed by atoms with Crippen molar-refractivity contribution in [2.24, 2.45) is 0 Å². The number of carbonyl (C=O) groups is 1. The van der Waals surface area contributed by atoms with Crippen LogP contribution in [0, 0.1) is 11.6 Å². The number of hydrogen-bond acceptors (Lipinski definition) is 3. The van der Waals surface area contributed by atoms with Gasteiger partial charge in [-0.25, -0.2) is 17.2 Å². The Morgan fingerprint density at radius 1 is 1.38 bits per heavy atom. The van der Waals surface area contributed by atoms with Gasteiger partial charge in [0.2, 0.25) is 0 Å². The summed E-state index contributed by atoms with van der Waals surface area (Å²) < 4.78 is 49.4. The van der Waals surface area contributed by atoms with Crippen LogP contribution < -0.4 is 5.32 Å². The van der Waals surface area contributed by atoms with E-state index in [4.69, 9.17) is 10.7 Å². The van der Waals surface area contributed by atoms with Crippen molar-refractivity contribution in [3.8, 4) is 0 Å². The van der Waals surface area contributed by atoms with Crippen molar-refractivity contribution in [1.29, 1.82) is 0 Å². The molecule has 1 atom stereocenters. The first-order valence-corrected chi connectivity index (χ1v) is 8.72. The topological polar surface area (TPSA) is 63.2 Å². The van der Waals surface area contributed by atoms with Crippen LogP contribution >= 0.6 is 10.7 Å². The molecule has 1 aromatic rings. The van der Waals surface area contributed by atoms with Gasteiger partial charge in [-0.05, 0) is 25.5 Å². The smallest absolute Gasteiger partial charge is 0.261 e. The highest BCUT2D eigenvalue weighted by Gasteiger charge is 2.22. The second-order valence-corrected chi connectivity index (χ2v) is 7.29. The number of carbonyl (C=O) groups excluding carboxylic acids is 1. The first-order chi connectivity index (χ1) is 9.66. The summed E-state index contributed by atoms with van der Waals surface area (Å²) in [5.74, 6) is -3.72. The lowest BCUT2D eigenvalue weighted by molar-refractivity contribution is 0.0932. The van der Waals surface area contributed by atoms with Gasteiger partial charge in [-0.1, -0.05) is 19.8 Å². The van der Waals surface area contributed by atoms with E-state index < -0.39 is 37.1 Å². The number of amides is 1. The summed E-state index contributed by atoms with van der Waals surface area (Å²) in [4.78, 5) is 11.3. The molecule has 1 aromatic carbocycles. The molecule has 0 heterocycles. The molecule has 0 aliphatic carbocycles. The van der Waals surface area contributed by atoms with Gasteiger partial charge in [0.05, 0.1) is 10.5 Å². The lowest BCUT2D eigenvalue weighted by Gasteiger charge is -2.14. The molecular formula is C13H16ClF2NO3S. The van der Waals surface area contributed by atoms with Gasteiger partial charge in [-0.2, -0.15) is 0 Å². The second-order valence-electron chi connectivity index (χ2n) is 4.72. The van der Waals surface area contributed by atoms with Gasteiger partial charge in [-0.3, -0.25) is 4.79 Å². The molecule has 1 N–H and O–H groups in total. The fraction of sp³-hybridized carbons (Fsp3) is 0.462. The highest BCUT2D eigenvalue weighted by Crippen LogP contribution is 2.21. The molecule has 21 heavy (non-hydrogen) atoms. The third-order valence-electron chi connectivity index (χ3n) is 2.90. The highest BCUT2D eigenvalue weighted by atomic mass is 35.7. The Labute approximate surface area is 126 Å². The first kappa shape index (κ1) is 17.8. The molecule has 0 radical (unpaired) electrons. The van der Waals surface area contributed by atoms with Gasteiger partial charge >= 0.3 is 0 Å². The van der Waals surface area contributed by atoms with E-state index in [1.54, 1.807) is 6.92 Å². The van der Waals surface area contributed by atoms with E-state index >= 15 is 0 Å². The van der Waals surface area contributed by atoms with Crippen LogP contribution in [0.1, 0.15) is 43.5 Å².